The Morgan fingerprint density at radius 3 is 2.67 bits per heavy atom. The second kappa shape index (κ2) is 7.54. The monoisotopic (exact) mass is 384 g/mol. The summed E-state index contributed by atoms with van der Waals surface area (Å²) in [5, 5.41) is 23.5. The second-order valence-electron chi connectivity index (χ2n) is 5.90. The maximum atomic E-state index is 11.3. The SMILES string of the molecule is Cc1ccc(-n2nnnc2SCc2ccc(C(N)=O)cc2[N+](=O)[O-])cc1C. The van der Waals surface area contributed by atoms with Crippen LogP contribution in [0.25, 0.3) is 5.69 Å². The quantitative estimate of drug-likeness (QED) is 0.393. The number of aromatic nitrogens is 4. The van der Waals surface area contributed by atoms with Crippen molar-refractivity contribution in [1.82, 2.24) is 20.2 Å². The van der Waals surface area contributed by atoms with Crippen molar-refractivity contribution < 1.29 is 9.72 Å². The molecule has 10 heteroatoms. The standard InChI is InChI=1S/C17H16N6O3S/c1-10-3-6-14(7-11(10)2)22-17(19-20-21-22)27-9-13-5-4-12(16(18)24)8-15(13)23(25)26/h3-8H,9H2,1-2H3,(H2,18,24). The highest BCUT2D eigenvalue weighted by Crippen LogP contribution is 2.28. The zero-order chi connectivity index (χ0) is 19.6. The number of tetrazole rings is 1. The molecule has 3 aromatic rings. The fourth-order valence-corrected chi connectivity index (χ4v) is 3.33. The van der Waals surface area contributed by atoms with Gasteiger partial charge in [-0.2, -0.15) is 4.68 Å². The van der Waals surface area contributed by atoms with Crippen LogP contribution in [-0.2, 0) is 5.75 Å². The van der Waals surface area contributed by atoms with Gasteiger partial charge in [-0.05, 0) is 53.6 Å². The summed E-state index contributed by atoms with van der Waals surface area (Å²) in [5.41, 5.74) is 8.65. The topological polar surface area (TPSA) is 130 Å². The molecule has 1 amide bonds. The normalized spacial score (nSPS) is 10.7. The van der Waals surface area contributed by atoms with Crippen molar-refractivity contribution in [3.05, 3.63) is 68.8 Å². The summed E-state index contributed by atoms with van der Waals surface area (Å²) in [5.74, 6) is -0.448. The lowest BCUT2D eigenvalue weighted by Crippen LogP contribution is -2.11. The molecule has 27 heavy (non-hydrogen) atoms. The van der Waals surface area contributed by atoms with E-state index in [4.69, 9.17) is 5.73 Å². The molecule has 0 atom stereocenters. The number of nitro benzene ring substituents is 1. The van der Waals surface area contributed by atoms with Crippen molar-refractivity contribution in [3.63, 3.8) is 0 Å². The Morgan fingerprint density at radius 1 is 1.22 bits per heavy atom. The maximum absolute atomic E-state index is 11.3. The Labute approximate surface area is 158 Å². The first kappa shape index (κ1) is 18.5. The third-order valence-electron chi connectivity index (χ3n) is 4.10. The van der Waals surface area contributed by atoms with Crippen LogP contribution in [0.15, 0.2) is 41.6 Å². The molecule has 0 aliphatic carbocycles. The zero-order valence-electron chi connectivity index (χ0n) is 14.6. The fraction of sp³-hybridized carbons (Fsp3) is 0.176. The number of nitro groups is 1. The first-order valence-electron chi connectivity index (χ1n) is 7.92. The molecule has 1 aromatic heterocycles. The number of carbonyl (C=O) groups excluding carboxylic acids is 1. The van der Waals surface area contributed by atoms with Crippen LogP contribution in [0.3, 0.4) is 0 Å². The van der Waals surface area contributed by atoms with E-state index in [2.05, 4.69) is 15.5 Å². The predicted octanol–water partition coefficient (Wildman–Crippen LogP) is 2.58. The van der Waals surface area contributed by atoms with Gasteiger partial charge in [0, 0.05) is 22.9 Å². The van der Waals surface area contributed by atoms with Crippen molar-refractivity contribution in [3.8, 4) is 5.69 Å². The first-order valence-corrected chi connectivity index (χ1v) is 8.91. The van der Waals surface area contributed by atoms with Gasteiger partial charge in [0.05, 0.1) is 10.6 Å². The molecule has 1 heterocycles. The molecule has 9 nitrogen and oxygen atoms in total. The molecule has 0 radical (unpaired) electrons. The lowest BCUT2D eigenvalue weighted by molar-refractivity contribution is -0.385. The Balaban J connectivity index is 1.86. The molecule has 0 spiro atoms. The van der Waals surface area contributed by atoms with Crippen molar-refractivity contribution in [2.45, 2.75) is 24.8 Å². The molecule has 0 saturated heterocycles. The second-order valence-corrected chi connectivity index (χ2v) is 6.84. The summed E-state index contributed by atoms with van der Waals surface area (Å²) in [6.07, 6.45) is 0. The third kappa shape index (κ3) is 3.95. The highest BCUT2D eigenvalue weighted by molar-refractivity contribution is 7.98. The summed E-state index contributed by atoms with van der Waals surface area (Å²) in [6.45, 7) is 4.02. The van der Waals surface area contributed by atoms with Crippen molar-refractivity contribution in [2.75, 3.05) is 0 Å². The smallest absolute Gasteiger partial charge is 0.274 e. The van der Waals surface area contributed by atoms with Crippen LogP contribution in [0.2, 0.25) is 0 Å². The number of thioether (sulfide) groups is 1. The van der Waals surface area contributed by atoms with E-state index >= 15 is 0 Å². The molecule has 0 fully saturated rings. The first-order chi connectivity index (χ1) is 12.9. The summed E-state index contributed by atoms with van der Waals surface area (Å²) in [4.78, 5) is 22.0. The summed E-state index contributed by atoms with van der Waals surface area (Å²) in [7, 11) is 0. The molecule has 0 aliphatic heterocycles. The minimum atomic E-state index is -0.712. The van der Waals surface area contributed by atoms with E-state index in [1.807, 2.05) is 32.0 Å². The molecule has 0 bridgehead atoms. The van der Waals surface area contributed by atoms with E-state index in [9.17, 15) is 14.9 Å². The van der Waals surface area contributed by atoms with Gasteiger partial charge in [0.1, 0.15) is 0 Å². The van der Waals surface area contributed by atoms with Gasteiger partial charge < -0.3 is 5.73 Å². The van der Waals surface area contributed by atoms with Gasteiger partial charge in [-0.1, -0.05) is 23.9 Å². The zero-order valence-corrected chi connectivity index (χ0v) is 15.4. The molecular formula is C17H16N6O3S. The number of hydrogen-bond donors (Lipinski definition) is 1. The van der Waals surface area contributed by atoms with Gasteiger partial charge >= 0.3 is 0 Å². The number of nitrogens with zero attached hydrogens (tertiary/aromatic N) is 5. The third-order valence-corrected chi connectivity index (χ3v) is 5.07. The average Bonchev–Trinajstić information content (AvgIpc) is 3.10. The lowest BCUT2D eigenvalue weighted by atomic mass is 10.1. The average molecular weight is 384 g/mol. The van der Waals surface area contributed by atoms with E-state index in [1.54, 1.807) is 4.68 Å². The van der Waals surface area contributed by atoms with Crippen LogP contribution in [0.5, 0.6) is 0 Å². The summed E-state index contributed by atoms with van der Waals surface area (Å²) in [6, 6.07) is 10.0. The van der Waals surface area contributed by atoms with Gasteiger partial charge in [0.25, 0.3) is 5.69 Å². The Hall–Kier alpha value is -3.27. The van der Waals surface area contributed by atoms with E-state index in [-0.39, 0.29) is 17.0 Å². The summed E-state index contributed by atoms with van der Waals surface area (Å²) < 4.78 is 1.58. The fourth-order valence-electron chi connectivity index (χ4n) is 2.44. The van der Waals surface area contributed by atoms with Crippen molar-refractivity contribution in [2.24, 2.45) is 5.73 Å². The molecule has 2 N–H and O–H groups in total. The number of amides is 1. The van der Waals surface area contributed by atoms with Crippen LogP contribution in [0, 0.1) is 24.0 Å². The highest BCUT2D eigenvalue weighted by Gasteiger charge is 2.18. The molecule has 3 rings (SSSR count). The molecule has 2 aromatic carbocycles. The van der Waals surface area contributed by atoms with Crippen LogP contribution in [-0.4, -0.2) is 31.0 Å². The van der Waals surface area contributed by atoms with Crippen molar-refractivity contribution >= 4 is 23.4 Å². The number of carbonyl (C=O) groups is 1. The molecule has 0 unspecified atom stereocenters. The van der Waals surface area contributed by atoms with Gasteiger partial charge in [-0.3, -0.25) is 14.9 Å². The van der Waals surface area contributed by atoms with Gasteiger partial charge in [0.2, 0.25) is 11.1 Å². The maximum Gasteiger partial charge on any atom is 0.274 e. The van der Waals surface area contributed by atoms with E-state index in [0.29, 0.717) is 10.7 Å². The van der Waals surface area contributed by atoms with Crippen LogP contribution in [0.1, 0.15) is 27.0 Å². The summed E-state index contributed by atoms with van der Waals surface area (Å²) >= 11 is 1.26. The van der Waals surface area contributed by atoms with E-state index in [1.165, 1.54) is 30.0 Å². The number of rotatable bonds is 6. The molecular weight excluding hydrogens is 368 g/mol. The van der Waals surface area contributed by atoms with Crippen LogP contribution in [0.4, 0.5) is 5.69 Å². The Kier molecular flexibility index (Phi) is 5.17. The number of nitrogens with two attached hydrogens (primary N) is 1. The minimum Gasteiger partial charge on any atom is -0.366 e. The van der Waals surface area contributed by atoms with Crippen molar-refractivity contribution in [1.29, 1.82) is 0 Å². The molecule has 0 saturated carbocycles. The van der Waals surface area contributed by atoms with Gasteiger partial charge in [-0.15, -0.1) is 5.10 Å². The predicted molar refractivity (Wildman–Crippen MR) is 99.8 cm³/mol. The Bertz CT molecular complexity index is 1030. The molecule has 138 valence electrons. The highest BCUT2D eigenvalue weighted by atomic mass is 32.2. The van der Waals surface area contributed by atoms with Gasteiger partial charge in [0.15, 0.2) is 0 Å². The van der Waals surface area contributed by atoms with Gasteiger partial charge in [-0.25, -0.2) is 0 Å². The number of hydrogen-bond acceptors (Lipinski definition) is 7. The van der Waals surface area contributed by atoms with Crippen LogP contribution >= 0.6 is 11.8 Å². The van der Waals surface area contributed by atoms with E-state index in [0.717, 1.165) is 16.8 Å². The largest absolute Gasteiger partial charge is 0.366 e. The minimum absolute atomic E-state index is 0.0930. The lowest BCUT2D eigenvalue weighted by Gasteiger charge is -2.07. The van der Waals surface area contributed by atoms with E-state index < -0.39 is 10.8 Å². The number of primary amides is 1. The number of benzene rings is 2. The van der Waals surface area contributed by atoms with Crippen LogP contribution < -0.4 is 5.73 Å². The molecule has 0 aliphatic rings. The number of aryl methyl sites for hydroxylation is 2. The Morgan fingerprint density at radius 2 is 2.00 bits per heavy atom.